The van der Waals surface area contributed by atoms with E-state index < -0.39 is 5.91 Å². The van der Waals surface area contributed by atoms with Crippen molar-refractivity contribution in [2.75, 3.05) is 34.8 Å². The van der Waals surface area contributed by atoms with E-state index in [2.05, 4.69) is 33.2 Å². The van der Waals surface area contributed by atoms with Gasteiger partial charge in [-0.25, -0.2) is 4.98 Å². The highest BCUT2D eigenvalue weighted by Crippen LogP contribution is 2.27. The van der Waals surface area contributed by atoms with Gasteiger partial charge in [0.05, 0.1) is 16.8 Å². The molecule has 2 aromatic heterocycles. The third kappa shape index (κ3) is 6.01. The summed E-state index contributed by atoms with van der Waals surface area (Å²) in [6.07, 6.45) is 7.21. The largest absolute Gasteiger partial charge is 0.381 e. The van der Waals surface area contributed by atoms with Crippen LogP contribution < -0.4 is 20.9 Å². The van der Waals surface area contributed by atoms with E-state index in [1.165, 1.54) is 0 Å². The summed E-state index contributed by atoms with van der Waals surface area (Å²) >= 11 is 0. The minimum absolute atomic E-state index is 0.148. The van der Waals surface area contributed by atoms with Crippen LogP contribution in [0.25, 0.3) is 0 Å². The molecule has 2 aliphatic rings. The molecule has 9 nitrogen and oxygen atoms in total. The Labute approximate surface area is 228 Å². The van der Waals surface area contributed by atoms with Gasteiger partial charge in [-0.1, -0.05) is 19.1 Å². The van der Waals surface area contributed by atoms with E-state index in [1.54, 1.807) is 18.5 Å². The van der Waals surface area contributed by atoms with Crippen molar-refractivity contribution in [3.05, 3.63) is 77.2 Å². The number of primary amides is 1. The summed E-state index contributed by atoms with van der Waals surface area (Å²) in [5.74, 6) is 0.804. The van der Waals surface area contributed by atoms with Crippen molar-refractivity contribution in [3.63, 3.8) is 0 Å². The maximum absolute atomic E-state index is 12.3. The molecule has 5 rings (SSSR count). The zero-order valence-corrected chi connectivity index (χ0v) is 22.1. The van der Waals surface area contributed by atoms with Gasteiger partial charge in [-0.05, 0) is 61.1 Å². The molecule has 2 saturated heterocycles. The van der Waals surface area contributed by atoms with Crippen LogP contribution >= 0.6 is 0 Å². The predicted octanol–water partition coefficient (Wildman–Crippen LogP) is 3.88. The number of nitriles is 1. The molecule has 200 valence electrons. The SMILES string of the molecule is C[C@H]1CN(c2ccc(C#N)cn2)CC[C@H]1Nc1cc(Cc2ccc(N3CCCCC3=O)cc2)ncc1C(N)=O. The van der Waals surface area contributed by atoms with Crippen molar-refractivity contribution >= 4 is 29.0 Å². The monoisotopic (exact) mass is 523 g/mol. The molecule has 2 fully saturated rings. The van der Waals surface area contributed by atoms with E-state index in [0.29, 0.717) is 29.7 Å². The van der Waals surface area contributed by atoms with E-state index in [9.17, 15) is 9.59 Å². The Hall–Kier alpha value is -4.45. The Kier molecular flexibility index (Phi) is 7.73. The molecule has 2 atom stereocenters. The highest BCUT2D eigenvalue weighted by molar-refractivity contribution is 5.98. The fourth-order valence-corrected chi connectivity index (χ4v) is 5.40. The van der Waals surface area contributed by atoms with Crippen LogP contribution in [0.2, 0.25) is 0 Å². The number of carbonyl (C=O) groups excluding carboxylic acids is 2. The van der Waals surface area contributed by atoms with Gasteiger partial charge in [0.25, 0.3) is 5.91 Å². The molecule has 0 bridgehead atoms. The molecule has 3 aromatic rings. The fraction of sp³-hybridized carbons (Fsp3) is 0.367. The van der Waals surface area contributed by atoms with E-state index in [-0.39, 0.29) is 17.9 Å². The van der Waals surface area contributed by atoms with Gasteiger partial charge in [0.15, 0.2) is 0 Å². The van der Waals surface area contributed by atoms with Gasteiger partial charge in [0, 0.05) is 62.3 Å². The molecule has 0 aliphatic carbocycles. The van der Waals surface area contributed by atoms with Crippen LogP contribution in [-0.2, 0) is 11.2 Å². The average molecular weight is 524 g/mol. The molecule has 1 aromatic carbocycles. The minimum Gasteiger partial charge on any atom is -0.381 e. The number of hydrogen-bond acceptors (Lipinski definition) is 7. The Balaban J connectivity index is 1.27. The number of amides is 2. The first kappa shape index (κ1) is 26.2. The summed E-state index contributed by atoms with van der Waals surface area (Å²) in [5.41, 5.74) is 10.1. The maximum Gasteiger partial charge on any atom is 0.252 e. The van der Waals surface area contributed by atoms with Crippen LogP contribution in [0.4, 0.5) is 17.2 Å². The molecule has 0 spiro atoms. The van der Waals surface area contributed by atoms with Gasteiger partial charge in [-0.15, -0.1) is 0 Å². The summed E-state index contributed by atoms with van der Waals surface area (Å²) in [6, 6.07) is 15.9. The van der Waals surface area contributed by atoms with Gasteiger partial charge < -0.3 is 20.9 Å². The molecule has 0 radical (unpaired) electrons. The second-order valence-corrected chi connectivity index (χ2v) is 10.4. The quantitative estimate of drug-likeness (QED) is 0.481. The molecular formula is C30H33N7O2. The highest BCUT2D eigenvalue weighted by atomic mass is 16.2. The second-order valence-electron chi connectivity index (χ2n) is 10.4. The lowest BCUT2D eigenvalue weighted by atomic mass is 9.93. The number of carbonyl (C=O) groups is 2. The third-order valence-corrected chi connectivity index (χ3v) is 7.63. The van der Waals surface area contributed by atoms with Crippen LogP contribution in [0.1, 0.15) is 59.8 Å². The number of benzene rings is 1. The highest BCUT2D eigenvalue weighted by Gasteiger charge is 2.28. The molecule has 4 heterocycles. The van der Waals surface area contributed by atoms with Gasteiger partial charge in [-0.2, -0.15) is 5.26 Å². The minimum atomic E-state index is -0.515. The molecule has 2 amide bonds. The summed E-state index contributed by atoms with van der Waals surface area (Å²) in [7, 11) is 0. The molecule has 0 unspecified atom stereocenters. The summed E-state index contributed by atoms with van der Waals surface area (Å²) in [4.78, 5) is 37.5. The number of aromatic nitrogens is 2. The van der Waals surface area contributed by atoms with Crippen LogP contribution in [-0.4, -0.2) is 47.5 Å². The first-order chi connectivity index (χ1) is 18.9. The zero-order chi connectivity index (χ0) is 27.4. The van der Waals surface area contributed by atoms with Crippen LogP contribution in [0, 0.1) is 17.2 Å². The number of hydrogen-bond donors (Lipinski definition) is 2. The van der Waals surface area contributed by atoms with E-state index >= 15 is 0 Å². The Morgan fingerprint density at radius 1 is 1.13 bits per heavy atom. The van der Waals surface area contributed by atoms with Crippen molar-refractivity contribution in [2.45, 2.75) is 45.1 Å². The number of rotatable bonds is 7. The molecular weight excluding hydrogens is 490 g/mol. The molecule has 0 saturated carbocycles. The smallest absolute Gasteiger partial charge is 0.252 e. The lowest BCUT2D eigenvalue weighted by molar-refractivity contribution is -0.119. The number of nitrogens with two attached hydrogens (primary N) is 1. The van der Waals surface area contributed by atoms with Gasteiger partial charge in [0.2, 0.25) is 5.91 Å². The number of piperidine rings is 2. The van der Waals surface area contributed by atoms with Crippen LogP contribution in [0.5, 0.6) is 0 Å². The van der Waals surface area contributed by atoms with E-state index in [4.69, 9.17) is 11.0 Å². The Morgan fingerprint density at radius 3 is 2.62 bits per heavy atom. The zero-order valence-electron chi connectivity index (χ0n) is 22.1. The van der Waals surface area contributed by atoms with E-state index in [1.807, 2.05) is 41.3 Å². The first-order valence-electron chi connectivity index (χ1n) is 13.5. The lowest BCUT2D eigenvalue weighted by Crippen LogP contribution is -2.45. The topological polar surface area (TPSA) is 128 Å². The van der Waals surface area contributed by atoms with Gasteiger partial charge in [-0.3, -0.25) is 14.6 Å². The number of nitrogens with zero attached hydrogens (tertiary/aromatic N) is 5. The average Bonchev–Trinajstić information content (AvgIpc) is 2.95. The van der Waals surface area contributed by atoms with Crippen molar-refractivity contribution < 1.29 is 9.59 Å². The lowest BCUT2D eigenvalue weighted by Gasteiger charge is -2.38. The maximum atomic E-state index is 12.3. The number of nitrogens with one attached hydrogen (secondary N) is 1. The summed E-state index contributed by atoms with van der Waals surface area (Å²) in [6.45, 7) is 4.54. The second kappa shape index (κ2) is 11.5. The molecule has 2 aliphatic heterocycles. The molecule has 39 heavy (non-hydrogen) atoms. The fourth-order valence-electron chi connectivity index (χ4n) is 5.40. The van der Waals surface area contributed by atoms with Crippen LogP contribution in [0.3, 0.4) is 0 Å². The van der Waals surface area contributed by atoms with Crippen molar-refractivity contribution in [3.8, 4) is 6.07 Å². The normalized spacial score (nSPS) is 19.4. The van der Waals surface area contributed by atoms with Crippen molar-refractivity contribution in [1.29, 1.82) is 5.26 Å². The molecule has 3 N–H and O–H groups in total. The van der Waals surface area contributed by atoms with Crippen LogP contribution in [0.15, 0.2) is 54.9 Å². The van der Waals surface area contributed by atoms with Gasteiger partial charge in [0.1, 0.15) is 11.9 Å². The number of anilines is 3. The standard InChI is InChI=1S/C30H33N7O2/c1-20-19-36(28-10-7-22(16-31)17-34-28)13-11-26(20)35-27-15-23(33-18-25(27)30(32)39)14-21-5-8-24(9-6-21)37-12-3-2-4-29(37)38/h5-10,15,17-18,20,26H,2-4,11-14,19H2,1H3,(H2,32,39)(H,33,35)/t20-,26+/m0/s1. The molecule has 9 heteroatoms. The first-order valence-corrected chi connectivity index (χ1v) is 13.5. The predicted molar refractivity (Wildman–Crippen MR) is 151 cm³/mol. The number of pyridine rings is 2. The Morgan fingerprint density at radius 2 is 1.95 bits per heavy atom. The van der Waals surface area contributed by atoms with E-state index in [0.717, 1.165) is 61.7 Å². The van der Waals surface area contributed by atoms with Gasteiger partial charge >= 0.3 is 0 Å². The van der Waals surface area contributed by atoms with Crippen molar-refractivity contribution in [1.82, 2.24) is 9.97 Å². The Bertz CT molecular complexity index is 1380. The third-order valence-electron chi connectivity index (χ3n) is 7.63. The summed E-state index contributed by atoms with van der Waals surface area (Å²) < 4.78 is 0. The summed E-state index contributed by atoms with van der Waals surface area (Å²) in [5, 5.41) is 12.6. The van der Waals surface area contributed by atoms with Crippen molar-refractivity contribution in [2.24, 2.45) is 11.7 Å².